The maximum absolute atomic E-state index is 13.0. The summed E-state index contributed by atoms with van der Waals surface area (Å²) >= 11 is 1.56. The van der Waals surface area contributed by atoms with E-state index in [0.29, 0.717) is 17.5 Å². The van der Waals surface area contributed by atoms with Crippen LogP contribution >= 0.6 is 11.8 Å². The lowest BCUT2D eigenvalue weighted by Gasteiger charge is -2.17. The van der Waals surface area contributed by atoms with Gasteiger partial charge in [0.05, 0.1) is 12.3 Å². The number of ether oxygens (including phenoxy) is 1. The molecule has 5 heteroatoms. The van der Waals surface area contributed by atoms with Gasteiger partial charge in [0.15, 0.2) is 5.17 Å². The highest BCUT2D eigenvalue weighted by atomic mass is 32.2. The van der Waals surface area contributed by atoms with Crippen LogP contribution in [-0.4, -0.2) is 23.4 Å². The van der Waals surface area contributed by atoms with Crippen LogP contribution in [0, 0.1) is 6.92 Å². The summed E-state index contributed by atoms with van der Waals surface area (Å²) in [6.45, 7) is 6.65. The van der Waals surface area contributed by atoms with E-state index in [-0.39, 0.29) is 5.91 Å². The number of aliphatic imine (C=N–C) groups is 1. The molecule has 0 unspecified atom stereocenters. The Morgan fingerprint density at radius 1 is 1.15 bits per heavy atom. The van der Waals surface area contributed by atoms with Crippen LogP contribution in [0.2, 0.25) is 0 Å². The van der Waals surface area contributed by atoms with E-state index in [0.717, 1.165) is 28.3 Å². The van der Waals surface area contributed by atoms with E-state index in [4.69, 9.17) is 4.74 Å². The van der Waals surface area contributed by atoms with Crippen LogP contribution in [0.5, 0.6) is 5.75 Å². The summed E-state index contributed by atoms with van der Waals surface area (Å²) in [5, 5.41) is 0.709. The Morgan fingerprint density at radius 2 is 1.92 bits per heavy atom. The Bertz CT molecular complexity index is 857. The summed E-state index contributed by atoms with van der Waals surface area (Å²) < 4.78 is 5.49. The van der Waals surface area contributed by atoms with E-state index >= 15 is 0 Å². The van der Waals surface area contributed by atoms with Crippen LogP contribution in [0.3, 0.4) is 0 Å². The Kier molecular flexibility index (Phi) is 5.78. The minimum atomic E-state index is -0.105. The van der Waals surface area contributed by atoms with E-state index < -0.39 is 0 Å². The lowest BCUT2D eigenvalue weighted by molar-refractivity contribution is -0.113. The first-order chi connectivity index (χ1) is 12.6. The van der Waals surface area contributed by atoms with Crippen LogP contribution in [0.15, 0.2) is 59.2 Å². The minimum absolute atomic E-state index is 0.105. The number of hydrogen-bond donors (Lipinski definition) is 0. The molecule has 0 aliphatic carbocycles. The third-order valence-corrected chi connectivity index (χ3v) is 4.68. The second-order valence-corrected chi connectivity index (χ2v) is 7.07. The predicted octanol–water partition coefficient (Wildman–Crippen LogP) is 4.89. The molecule has 26 heavy (non-hydrogen) atoms. The largest absolute Gasteiger partial charge is 0.494 e. The number of benzene rings is 2. The average molecular weight is 366 g/mol. The molecule has 4 nitrogen and oxygen atoms in total. The molecule has 134 valence electrons. The van der Waals surface area contributed by atoms with E-state index in [2.05, 4.69) is 11.9 Å². The lowest BCUT2D eigenvalue weighted by atomic mass is 10.1. The summed E-state index contributed by atoms with van der Waals surface area (Å²) in [5.41, 5.74) is 3.39. The molecule has 0 saturated heterocycles. The van der Waals surface area contributed by atoms with Crippen LogP contribution < -0.4 is 9.64 Å². The number of rotatable bonds is 5. The van der Waals surface area contributed by atoms with Crippen LogP contribution in [0.1, 0.15) is 25.0 Å². The Labute approximate surface area is 158 Å². The molecule has 2 aromatic carbocycles. The molecule has 0 N–H and O–H groups in total. The normalized spacial score (nSPS) is 15.5. The van der Waals surface area contributed by atoms with Crippen molar-refractivity contribution in [1.82, 2.24) is 0 Å². The van der Waals surface area contributed by atoms with Crippen molar-refractivity contribution in [3.8, 4) is 5.75 Å². The van der Waals surface area contributed by atoms with E-state index in [1.807, 2.05) is 68.5 Å². The molecular formula is C21H22N2O2S. The van der Waals surface area contributed by atoms with Gasteiger partial charge in [-0.25, -0.2) is 4.99 Å². The average Bonchev–Trinajstić information content (AvgIpc) is 2.92. The lowest BCUT2D eigenvalue weighted by Crippen LogP contribution is -2.30. The van der Waals surface area contributed by atoms with E-state index in [1.54, 1.807) is 16.7 Å². The second-order valence-electron chi connectivity index (χ2n) is 5.84. The van der Waals surface area contributed by atoms with Gasteiger partial charge in [0.25, 0.3) is 5.91 Å². The molecule has 0 aromatic heterocycles. The van der Waals surface area contributed by atoms with Gasteiger partial charge in [0.1, 0.15) is 11.4 Å². The standard InChI is InChI=1S/C21H22N2O2S/c1-4-25-18-11-9-17(10-12-18)23-20(24)19(22-21(23)26-5-2)14-16-8-6-7-15(3)13-16/h6-14H,4-5H2,1-3H3/b19-14-. The van der Waals surface area contributed by atoms with Crippen molar-refractivity contribution < 1.29 is 9.53 Å². The van der Waals surface area contributed by atoms with Crippen molar-refractivity contribution in [2.45, 2.75) is 20.8 Å². The molecule has 0 atom stereocenters. The number of nitrogens with zero attached hydrogens (tertiary/aromatic N) is 2. The molecule has 0 spiro atoms. The fraction of sp³-hybridized carbons (Fsp3) is 0.238. The molecule has 1 heterocycles. The molecule has 0 radical (unpaired) electrons. The zero-order chi connectivity index (χ0) is 18.5. The van der Waals surface area contributed by atoms with Gasteiger partial charge in [0.2, 0.25) is 0 Å². The summed E-state index contributed by atoms with van der Waals surface area (Å²) in [5.74, 6) is 1.53. The number of amides is 1. The number of carbonyl (C=O) groups excluding carboxylic acids is 1. The third kappa shape index (κ3) is 3.99. The zero-order valence-electron chi connectivity index (χ0n) is 15.2. The SMILES string of the molecule is CCOc1ccc(N2C(=O)/C(=C/c3cccc(C)c3)N=C2SCC)cc1. The zero-order valence-corrected chi connectivity index (χ0v) is 16.0. The van der Waals surface area contributed by atoms with Crippen molar-refractivity contribution in [1.29, 1.82) is 0 Å². The molecule has 1 amide bonds. The van der Waals surface area contributed by atoms with Gasteiger partial charge in [-0.2, -0.15) is 0 Å². The number of thioether (sulfide) groups is 1. The Morgan fingerprint density at radius 3 is 2.58 bits per heavy atom. The Hall–Kier alpha value is -2.53. The highest BCUT2D eigenvalue weighted by molar-refractivity contribution is 8.14. The van der Waals surface area contributed by atoms with Crippen LogP contribution in [0.4, 0.5) is 5.69 Å². The van der Waals surface area contributed by atoms with Crippen molar-refractivity contribution in [2.75, 3.05) is 17.3 Å². The summed E-state index contributed by atoms with van der Waals surface area (Å²) in [7, 11) is 0. The van der Waals surface area contributed by atoms with Crippen molar-refractivity contribution >= 4 is 34.6 Å². The third-order valence-electron chi connectivity index (χ3n) is 3.85. The van der Waals surface area contributed by atoms with Crippen LogP contribution in [0.25, 0.3) is 6.08 Å². The van der Waals surface area contributed by atoms with Gasteiger partial charge < -0.3 is 4.74 Å². The van der Waals surface area contributed by atoms with Gasteiger partial charge in [-0.3, -0.25) is 9.69 Å². The van der Waals surface area contributed by atoms with E-state index in [9.17, 15) is 4.79 Å². The molecule has 3 rings (SSSR count). The quantitative estimate of drug-likeness (QED) is 0.708. The fourth-order valence-corrected chi connectivity index (χ4v) is 3.46. The number of anilines is 1. The predicted molar refractivity (Wildman–Crippen MR) is 110 cm³/mol. The molecule has 2 aromatic rings. The highest BCUT2D eigenvalue weighted by Gasteiger charge is 2.31. The monoisotopic (exact) mass is 366 g/mol. The highest BCUT2D eigenvalue weighted by Crippen LogP contribution is 2.30. The van der Waals surface area contributed by atoms with Gasteiger partial charge in [-0.05, 0) is 55.5 Å². The smallest absolute Gasteiger partial charge is 0.283 e. The number of amidine groups is 1. The Balaban J connectivity index is 1.93. The van der Waals surface area contributed by atoms with E-state index in [1.165, 1.54) is 0 Å². The van der Waals surface area contributed by atoms with Crippen LogP contribution in [-0.2, 0) is 4.79 Å². The molecule has 0 bridgehead atoms. The summed E-state index contributed by atoms with van der Waals surface area (Å²) in [6.07, 6.45) is 1.85. The van der Waals surface area contributed by atoms with Gasteiger partial charge >= 0.3 is 0 Å². The van der Waals surface area contributed by atoms with Crippen molar-refractivity contribution in [3.05, 3.63) is 65.4 Å². The van der Waals surface area contributed by atoms with Crippen molar-refractivity contribution in [2.24, 2.45) is 4.99 Å². The molecule has 1 aliphatic rings. The first-order valence-electron chi connectivity index (χ1n) is 8.69. The number of hydrogen-bond acceptors (Lipinski definition) is 4. The first kappa shape index (κ1) is 18.3. The number of aryl methyl sites for hydroxylation is 1. The molecule has 0 saturated carbocycles. The van der Waals surface area contributed by atoms with Gasteiger partial charge in [0, 0.05) is 0 Å². The topological polar surface area (TPSA) is 41.9 Å². The van der Waals surface area contributed by atoms with Crippen molar-refractivity contribution in [3.63, 3.8) is 0 Å². The van der Waals surface area contributed by atoms with Gasteiger partial charge in [-0.15, -0.1) is 0 Å². The minimum Gasteiger partial charge on any atom is -0.494 e. The summed E-state index contributed by atoms with van der Waals surface area (Å²) in [6, 6.07) is 15.6. The maximum Gasteiger partial charge on any atom is 0.283 e. The van der Waals surface area contributed by atoms with Gasteiger partial charge in [-0.1, -0.05) is 48.5 Å². The molecule has 1 aliphatic heterocycles. The maximum atomic E-state index is 13.0. The summed E-state index contributed by atoms with van der Waals surface area (Å²) in [4.78, 5) is 19.2. The number of carbonyl (C=O) groups is 1. The first-order valence-corrected chi connectivity index (χ1v) is 9.68. The molecular weight excluding hydrogens is 344 g/mol. The molecule has 0 fully saturated rings. The second kappa shape index (κ2) is 8.23. The fourth-order valence-electron chi connectivity index (χ4n) is 2.73.